The summed E-state index contributed by atoms with van der Waals surface area (Å²) in [7, 11) is 0. The first-order valence-corrected chi connectivity index (χ1v) is 9.64. The molecule has 2 atom stereocenters. The normalized spacial score (nSPS) is 16.4. The molecule has 1 aliphatic rings. The van der Waals surface area contributed by atoms with Crippen LogP contribution in [0.4, 0.5) is 17.2 Å². The Kier molecular flexibility index (Phi) is 5.88. The second kappa shape index (κ2) is 8.34. The summed E-state index contributed by atoms with van der Waals surface area (Å²) in [5.74, 6) is 0.792. The van der Waals surface area contributed by atoms with E-state index >= 15 is 0 Å². The van der Waals surface area contributed by atoms with Gasteiger partial charge in [0, 0.05) is 11.8 Å². The van der Waals surface area contributed by atoms with Gasteiger partial charge in [0.05, 0.1) is 16.7 Å². The van der Waals surface area contributed by atoms with E-state index in [0.29, 0.717) is 28.7 Å². The largest absolute Gasteiger partial charge is 0.479 e. The van der Waals surface area contributed by atoms with Crippen molar-refractivity contribution in [1.29, 1.82) is 0 Å². The van der Waals surface area contributed by atoms with E-state index in [1.807, 2.05) is 0 Å². The molecule has 9 nitrogen and oxygen atoms in total. The third-order valence-corrected chi connectivity index (χ3v) is 5.05. The van der Waals surface area contributed by atoms with Crippen molar-refractivity contribution < 1.29 is 23.6 Å². The Bertz CT molecular complexity index is 913. The molecule has 2 aromatic rings. The number of rotatable bonds is 6. The molecule has 0 fully saturated rings. The summed E-state index contributed by atoms with van der Waals surface area (Å²) in [5, 5.41) is 11.3. The Morgan fingerprint density at radius 1 is 1.32 bits per heavy atom. The number of aryl methyl sites for hydroxylation is 1. The summed E-state index contributed by atoms with van der Waals surface area (Å²) >= 11 is 1.19. The van der Waals surface area contributed by atoms with Crippen molar-refractivity contribution in [2.75, 3.05) is 21.7 Å². The molecule has 0 saturated carbocycles. The zero-order valence-electron chi connectivity index (χ0n) is 15.6. The number of thioether (sulfide) groups is 1. The molecular formula is C18H20N4O5S. The van der Waals surface area contributed by atoms with E-state index in [1.165, 1.54) is 11.8 Å². The lowest BCUT2D eigenvalue weighted by atomic mass is 10.2. The zero-order chi connectivity index (χ0) is 20.3. The van der Waals surface area contributed by atoms with E-state index in [0.717, 1.165) is 0 Å². The standard InChI is InChI=1S/C18H20N4O5S/c1-9-6-15(22-27-9)21-18(25)11(3)28-8-16(23)19-12-4-5-14-13(7-12)20-17(24)10(2)26-14/h4-7,10-11H,8H2,1-3H3,(H,19,23)(H,20,24)(H,21,22,25)/t10-,11+/m1/s1. The molecule has 2 heterocycles. The average Bonchev–Trinajstić information content (AvgIpc) is 3.05. The number of carbonyl (C=O) groups is 3. The highest BCUT2D eigenvalue weighted by Gasteiger charge is 2.24. The Morgan fingerprint density at radius 2 is 2.11 bits per heavy atom. The van der Waals surface area contributed by atoms with Crippen molar-refractivity contribution >= 4 is 46.7 Å². The van der Waals surface area contributed by atoms with Crippen LogP contribution in [0, 0.1) is 6.92 Å². The van der Waals surface area contributed by atoms with Crippen molar-refractivity contribution in [2.45, 2.75) is 32.1 Å². The number of anilines is 3. The van der Waals surface area contributed by atoms with Crippen LogP contribution in [-0.4, -0.2) is 40.0 Å². The lowest BCUT2D eigenvalue weighted by Crippen LogP contribution is -2.34. The van der Waals surface area contributed by atoms with E-state index in [4.69, 9.17) is 9.26 Å². The fourth-order valence-corrected chi connectivity index (χ4v) is 3.10. The maximum Gasteiger partial charge on any atom is 0.265 e. The van der Waals surface area contributed by atoms with Gasteiger partial charge in [0.2, 0.25) is 11.8 Å². The Morgan fingerprint density at radius 3 is 2.82 bits per heavy atom. The lowest BCUT2D eigenvalue weighted by Gasteiger charge is -2.23. The van der Waals surface area contributed by atoms with Gasteiger partial charge in [-0.1, -0.05) is 5.16 Å². The summed E-state index contributed by atoms with van der Waals surface area (Å²) in [6.07, 6.45) is -0.557. The fourth-order valence-electron chi connectivity index (χ4n) is 2.41. The van der Waals surface area contributed by atoms with Gasteiger partial charge in [-0.05, 0) is 39.0 Å². The molecule has 0 saturated heterocycles. The van der Waals surface area contributed by atoms with Crippen LogP contribution in [0.5, 0.6) is 5.75 Å². The Balaban J connectivity index is 1.49. The van der Waals surface area contributed by atoms with Gasteiger partial charge in [-0.2, -0.15) is 0 Å². The average molecular weight is 404 g/mol. The molecule has 1 aromatic heterocycles. The van der Waals surface area contributed by atoms with Gasteiger partial charge in [-0.3, -0.25) is 14.4 Å². The minimum Gasteiger partial charge on any atom is -0.479 e. The van der Waals surface area contributed by atoms with Crippen LogP contribution in [0.15, 0.2) is 28.8 Å². The molecule has 3 rings (SSSR count). The smallest absolute Gasteiger partial charge is 0.265 e. The third-order valence-electron chi connectivity index (χ3n) is 3.91. The molecule has 0 radical (unpaired) electrons. The molecule has 0 bridgehead atoms. The van der Waals surface area contributed by atoms with Crippen molar-refractivity contribution in [2.24, 2.45) is 0 Å². The van der Waals surface area contributed by atoms with Crippen molar-refractivity contribution in [1.82, 2.24) is 5.16 Å². The van der Waals surface area contributed by atoms with Crippen LogP contribution in [0.25, 0.3) is 0 Å². The summed E-state index contributed by atoms with van der Waals surface area (Å²) < 4.78 is 10.4. The van der Waals surface area contributed by atoms with Gasteiger partial charge in [0.15, 0.2) is 11.9 Å². The zero-order valence-corrected chi connectivity index (χ0v) is 16.4. The highest BCUT2D eigenvalue weighted by atomic mass is 32.2. The van der Waals surface area contributed by atoms with E-state index < -0.39 is 11.4 Å². The highest BCUT2D eigenvalue weighted by molar-refractivity contribution is 8.01. The number of amides is 3. The maximum absolute atomic E-state index is 12.2. The second-order valence-electron chi connectivity index (χ2n) is 6.27. The molecular weight excluding hydrogens is 384 g/mol. The molecule has 3 N–H and O–H groups in total. The molecule has 3 amide bonds. The highest BCUT2D eigenvalue weighted by Crippen LogP contribution is 2.32. The van der Waals surface area contributed by atoms with Crippen LogP contribution in [0.2, 0.25) is 0 Å². The van der Waals surface area contributed by atoms with E-state index in [1.54, 1.807) is 45.0 Å². The molecule has 1 aromatic carbocycles. The van der Waals surface area contributed by atoms with Crippen LogP contribution in [0.3, 0.4) is 0 Å². The van der Waals surface area contributed by atoms with E-state index in [9.17, 15) is 14.4 Å². The van der Waals surface area contributed by atoms with Crippen molar-refractivity contribution in [3.8, 4) is 5.75 Å². The number of aromatic nitrogens is 1. The molecule has 0 spiro atoms. The first kappa shape index (κ1) is 19.7. The molecule has 10 heteroatoms. The predicted molar refractivity (Wildman–Crippen MR) is 106 cm³/mol. The van der Waals surface area contributed by atoms with Crippen molar-refractivity contribution in [3.05, 3.63) is 30.0 Å². The number of nitrogens with zero attached hydrogens (tertiary/aromatic N) is 1. The minimum atomic E-state index is -0.557. The quantitative estimate of drug-likeness (QED) is 0.676. The Labute approximate surface area is 165 Å². The number of hydrogen-bond donors (Lipinski definition) is 3. The monoisotopic (exact) mass is 404 g/mol. The second-order valence-corrected chi connectivity index (χ2v) is 7.60. The topological polar surface area (TPSA) is 123 Å². The van der Waals surface area contributed by atoms with Crippen molar-refractivity contribution in [3.63, 3.8) is 0 Å². The molecule has 1 aliphatic heterocycles. The van der Waals surface area contributed by atoms with Crippen LogP contribution in [-0.2, 0) is 14.4 Å². The summed E-state index contributed by atoms with van der Waals surface area (Å²) in [6.45, 7) is 5.09. The van der Waals surface area contributed by atoms with Crippen LogP contribution < -0.4 is 20.7 Å². The molecule has 0 unspecified atom stereocenters. The number of carbonyl (C=O) groups excluding carboxylic acids is 3. The first-order chi connectivity index (χ1) is 13.3. The summed E-state index contributed by atoms with van der Waals surface area (Å²) in [4.78, 5) is 36.0. The Hall–Kier alpha value is -3.01. The van der Waals surface area contributed by atoms with Gasteiger partial charge in [0.25, 0.3) is 5.91 Å². The SMILES string of the molecule is Cc1cc(NC(=O)[C@H](C)SCC(=O)Nc2ccc3c(c2)NC(=O)[C@@H](C)O3)no1. The van der Waals surface area contributed by atoms with Crippen LogP contribution in [0.1, 0.15) is 19.6 Å². The van der Waals surface area contributed by atoms with E-state index in [2.05, 4.69) is 21.1 Å². The lowest BCUT2D eigenvalue weighted by molar-refractivity contribution is -0.122. The van der Waals surface area contributed by atoms with Gasteiger partial charge in [0.1, 0.15) is 11.5 Å². The summed E-state index contributed by atoms with van der Waals surface area (Å²) in [5.41, 5.74) is 1.03. The van der Waals surface area contributed by atoms with Gasteiger partial charge in [-0.25, -0.2) is 0 Å². The molecule has 0 aliphatic carbocycles. The number of benzene rings is 1. The minimum absolute atomic E-state index is 0.0867. The number of fused-ring (bicyclic) bond motifs is 1. The van der Waals surface area contributed by atoms with Crippen LogP contribution >= 0.6 is 11.8 Å². The summed E-state index contributed by atoms with van der Waals surface area (Å²) in [6, 6.07) is 6.62. The number of nitrogens with one attached hydrogen (secondary N) is 3. The number of hydrogen-bond acceptors (Lipinski definition) is 7. The number of ether oxygens (including phenoxy) is 1. The molecule has 28 heavy (non-hydrogen) atoms. The third kappa shape index (κ3) is 4.83. The van der Waals surface area contributed by atoms with E-state index in [-0.39, 0.29) is 23.5 Å². The predicted octanol–water partition coefficient (Wildman–Crippen LogP) is 2.40. The molecule has 148 valence electrons. The van der Waals surface area contributed by atoms with Gasteiger partial charge >= 0.3 is 0 Å². The van der Waals surface area contributed by atoms with Gasteiger partial charge < -0.3 is 25.2 Å². The fraction of sp³-hybridized carbons (Fsp3) is 0.333. The maximum atomic E-state index is 12.2. The first-order valence-electron chi connectivity index (χ1n) is 8.59. The van der Waals surface area contributed by atoms with Gasteiger partial charge in [-0.15, -0.1) is 11.8 Å².